The van der Waals surface area contributed by atoms with Crippen LogP contribution in [0.1, 0.15) is 5.56 Å². The Balaban J connectivity index is 2.12. The molecule has 0 aromatic heterocycles. The Labute approximate surface area is 165 Å². The van der Waals surface area contributed by atoms with Gasteiger partial charge in [0, 0.05) is 9.13 Å². The molecule has 0 bridgehead atoms. The highest BCUT2D eigenvalue weighted by Crippen LogP contribution is 2.30. The van der Waals surface area contributed by atoms with Gasteiger partial charge in [0.05, 0.1) is 18.5 Å². The normalized spacial score (nSPS) is 11.1. The molecule has 26 heavy (non-hydrogen) atoms. The standard InChI is InChI=1S/C20H17IN4O/c1-26-19-13-7-6-12-18(19)24-20(14-8-2-3-9-15(14)21)23-16-10-4-5-11-17(16)25-22/h2-13,22H,1H3,(H,23,24). The van der Waals surface area contributed by atoms with E-state index >= 15 is 0 Å². The minimum atomic E-state index is 0.512. The molecule has 0 saturated heterocycles. The first-order valence-corrected chi connectivity index (χ1v) is 9.01. The lowest BCUT2D eigenvalue weighted by molar-refractivity contribution is 0.417. The molecule has 6 heteroatoms. The molecule has 0 atom stereocenters. The van der Waals surface area contributed by atoms with Crippen LogP contribution in [0.2, 0.25) is 0 Å². The number of nitrogens with one attached hydrogen (secondary N) is 2. The minimum Gasteiger partial charge on any atom is -0.495 e. The zero-order chi connectivity index (χ0) is 18.4. The molecule has 5 nitrogen and oxygen atoms in total. The lowest BCUT2D eigenvalue weighted by Gasteiger charge is -2.15. The van der Waals surface area contributed by atoms with Crippen molar-refractivity contribution < 1.29 is 4.74 Å². The van der Waals surface area contributed by atoms with E-state index in [0.29, 0.717) is 17.2 Å². The van der Waals surface area contributed by atoms with Crippen LogP contribution in [0.5, 0.6) is 5.75 Å². The molecular weight excluding hydrogens is 439 g/mol. The molecule has 2 N–H and O–H groups in total. The van der Waals surface area contributed by atoms with E-state index < -0.39 is 0 Å². The zero-order valence-electron chi connectivity index (χ0n) is 14.1. The lowest BCUT2D eigenvalue weighted by atomic mass is 10.2. The summed E-state index contributed by atoms with van der Waals surface area (Å²) in [7, 11) is 1.64. The van der Waals surface area contributed by atoms with E-state index in [-0.39, 0.29) is 0 Å². The van der Waals surface area contributed by atoms with E-state index in [9.17, 15) is 0 Å². The SMILES string of the molecule is COc1ccccc1NC(=Nc1ccccc1N=N)c1ccccc1I. The van der Waals surface area contributed by atoms with Gasteiger partial charge in [-0.05, 0) is 52.9 Å². The summed E-state index contributed by atoms with van der Waals surface area (Å²) in [5.74, 6) is 1.39. The Morgan fingerprint density at radius 2 is 1.58 bits per heavy atom. The molecular formula is C20H17IN4O. The molecule has 130 valence electrons. The fourth-order valence-corrected chi connectivity index (χ4v) is 3.10. The maximum atomic E-state index is 7.37. The average molecular weight is 456 g/mol. The molecule has 0 aliphatic heterocycles. The van der Waals surface area contributed by atoms with Crippen molar-refractivity contribution >= 4 is 45.5 Å². The van der Waals surface area contributed by atoms with Crippen LogP contribution in [0, 0.1) is 9.10 Å². The van der Waals surface area contributed by atoms with Crippen LogP contribution >= 0.6 is 22.6 Å². The van der Waals surface area contributed by atoms with Gasteiger partial charge in [0.1, 0.15) is 17.3 Å². The summed E-state index contributed by atoms with van der Waals surface area (Å²) in [4.78, 5) is 4.76. The van der Waals surface area contributed by atoms with Gasteiger partial charge in [-0.3, -0.25) is 0 Å². The fraction of sp³-hybridized carbons (Fsp3) is 0.0500. The van der Waals surface area contributed by atoms with E-state index in [1.165, 1.54) is 0 Å². The van der Waals surface area contributed by atoms with E-state index in [1.807, 2.05) is 66.7 Å². The number of rotatable bonds is 5. The smallest absolute Gasteiger partial charge is 0.142 e. The summed E-state index contributed by atoms with van der Waals surface area (Å²) < 4.78 is 6.50. The quantitative estimate of drug-likeness (QED) is 0.209. The number of halogens is 1. The third-order valence-corrected chi connectivity index (χ3v) is 4.66. The summed E-state index contributed by atoms with van der Waals surface area (Å²) in [5, 5.41) is 6.94. The Hall–Kier alpha value is -2.74. The van der Waals surface area contributed by atoms with Crippen LogP contribution in [-0.4, -0.2) is 12.9 Å². The van der Waals surface area contributed by atoms with Crippen molar-refractivity contribution in [2.45, 2.75) is 0 Å². The Morgan fingerprint density at radius 3 is 2.31 bits per heavy atom. The van der Waals surface area contributed by atoms with Gasteiger partial charge in [-0.2, -0.15) is 5.11 Å². The number of benzene rings is 3. The van der Waals surface area contributed by atoms with Crippen LogP contribution in [0.15, 0.2) is 82.9 Å². The lowest BCUT2D eigenvalue weighted by Crippen LogP contribution is -2.15. The molecule has 0 amide bonds. The molecule has 0 radical (unpaired) electrons. The van der Waals surface area contributed by atoms with E-state index in [4.69, 9.17) is 15.3 Å². The first kappa shape index (κ1) is 18.1. The highest BCUT2D eigenvalue weighted by atomic mass is 127. The molecule has 3 rings (SSSR count). The Morgan fingerprint density at radius 1 is 0.923 bits per heavy atom. The number of methoxy groups -OCH3 is 1. The topological polar surface area (TPSA) is 69.8 Å². The van der Waals surface area contributed by atoms with Crippen LogP contribution in [0.25, 0.3) is 0 Å². The maximum Gasteiger partial charge on any atom is 0.142 e. The number of aliphatic imine (C=N–C) groups is 1. The van der Waals surface area contributed by atoms with Crippen LogP contribution in [0.3, 0.4) is 0 Å². The van der Waals surface area contributed by atoms with E-state index in [2.05, 4.69) is 33.0 Å². The Kier molecular flexibility index (Phi) is 5.96. The third kappa shape index (κ3) is 4.08. The summed E-state index contributed by atoms with van der Waals surface area (Å²) >= 11 is 2.28. The summed E-state index contributed by atoms with van der Waals surface area (Å²) in [6.45, 7) is 0. The van der Waals surface area contributed by atoms with Crippen LogP contribution < -0.4 is 10.1 Å². The van der Waals surface area contributed by atoms with Gasteiger partial charge in [0.15, 0.2) is 0 Å². The van der Waals surface area contributed by atoms with Gasteiger partial charge in [0.2, 0.25) is 0 Å². The van der Waals surface area contributed by atoms with Gasteiger partial charge in [-0.25, -0.2) is 10.5 Å². The molecule has 3 aromatic carbocycles. The van der Waals surface area contributed by atoms with Crippen molar-refractivity contribution in [3.05, 3.63) is 81.9 Å². The summed E-state index contributed by atoms with van der Waals surface area (Å²) in [6.07, 6.45) is 0. The summed E-state index contributed by atoms with van der Waals surface area (Å²) in [5.41, 5.74) is 10.3. The molecule has 0 heterocycles. The highest BCUT2D eigenvalue weighted by Gasteiger charge is 2.12. The molecule has 0 aliphatic rings. The molecule has 0 fully saturated rings. The second-order valence-electron chi connectivity index (χ2n) is 5.37. The van der Waals surface area contributed by atoms with Crippen molar-refractivity contribution in [3.8, 4) is 5.75 Å². The highest BCUT2D eigenvalue weighted by molar-refractivity contribution is 14.1. The van der Waals surface area contributed by atoms with Crippen molar-refractivity contribution in [3.63, 3.8) is 0 Å². The zero-order valence-corrected chi connectivity index (χ0v) is 16.3. The number of hydrogen-bond donors (Lipinski definition) is 2. The summed E-state index contributed by atoms with van der Waals surface area (Å²) in [6, 6.07) is 23.0. The average Bonchev–Trinajstić information content (AvgIpc) is 2.68. The monoisotopic (exact) mass is 456 g/mol. The largest absolute Gasteiger partial charge is 0.495 e. The van der Waals surface area contributed by atoms with Crippen molar-refractivity contribution in [1.82, 2.24) is 0 Å². The van der Waals surface area contributed by atoms with Gasteiger partial charge in [-0.1, -0.05) is 42.5 Å². The first-order valence-electron chi connectivity index (χ1n) is 7.93. The molecule has 3 aromatic rings. The molecule has 0 unspecified atom stereocenters. The predicted octanol–water partition coefficient (Wildman–Crippen LogP) is 6.15. The number of anilines is 1. The second kappa shape index (κ2) is 8.57. The number of para-hydroxylation sites is 4. The number of ether oxygens (including phenoxy) is 1. The minimum absolute atomic E-state index is 0.512. The van der Waals surface area contributed by atoms with Crippen molar-refractivity contribution in [2.24, 2.45) is 10.1 Å². The number of nitrogens with zero attached hydrogens (tertiary/aromatic N) is 2. The van der Waals surface area contributed by atoms with Crippen molar-refractivity contribution in [1.29, 1.82) is 5.53 Å². The van der Waals surface area contributed by atoms with E-state index in [1.54, 1.807) is 13.2 Å². The van der Waals surface area contributed by atoms with E-state index in [0.717, 1.165) is 20.6 Å². The molecule has 0 aliphatic carbocycles. The van der Waals surface area contributed by atoms with Gasteiger partial charge >= 0.3 is 0 Å². The van der Waals surface area contributed by atoms with Crippen LogP contribution in [0.4, 0.5) is 17.1 Å². The second-order valence-corrected chi connectivity index (χ2v) is 6.53. The number of hydrogen-bond acceptors (Lipinski definition) is 4. The van der Waals surface area contributed by atoms with Gasteiger partial charge < -0.3 is 10.1 Å². The first-order chi connectivity index (χ1) is 12.7. The third-order valence-electron chi connectivity index (χ3n) is 3.72. The molecule has 0 spiro atoms. The van der Waals surface area contributed by atoms with Gasteiger partial charge in [0.25, 0.3) is 0 Å². The van der Waals surface area contributed by atoms with Gasteiger partial charge in [-0.15, -0.1) is 0 Å². The number of amidine groups is 1. The van der Waals surface area contributed by atoms with Crippen molar-refractivity contribution in [2.75, 3.05) is 12.4 Å². The van der Waals surface area contributed by atoms with Crippen LogP contribution in [-0.2, 0) is 0 Å². The Bertz CT molecular complexity index is 956. The maximum absolute atomic E-state index is 7.37. The fourth-order valence-electron chi connectivity index (χ4n) is 2.46. The molecule has 0 saturated carbocycles. The predicted molar refractivity (Wildman–Crippen MR) is 113 cm³/mol.